The topological polar surface area (TPSA) is 68.1 Å². The molecule has 3 rings (SSSR count). The number of nitro benzene ring substituents is 1. The summed E-state index contributed by atoms with van der Waals surface area (Å²) in [6, 6.07) is 9.56. The number of methoxy groups -OCH3 is 2. The molecule has 1 saturated heterocycles. The van der Waals surface area contributed by atoms with Gasteiger partial charge in [-0.3, -0.25) is 15.0 Å². The van der Waals surface area contributed by atoms with Crippen LogP contribution >= 0.6 is 0 Å². The van der Waals surface area contributed by atoms with E-state index in [-0.39, 0.29) is 5.69 Å². The summed E-state index contributed by atoms with van der Waals surface area (Å²) in [7, 11) is 3.21. The number of halogens is 1. The maximum Gasteiger partial charge on any atom is 0.295 e. The average Bonchev–Trinajstić information content (AvgIpc) is 2.68. The summed E-state index contributed by atoms with van der Waals surface area (Å²) in [4.78, 5) is 14.9. The first-order chi connectivity index (χ1) is 13.0. The summed E-state index contributed by atoms with van der Waals surface area (Å²) >= 11 is 0. The van der Waals surface area contributed by atoms with Crippen LogP contribution in [0.3, 0.4) is 0 Å². The molecule has 1 aliphatic heterocycles. The predicted octanol–water partition coefficient (Wildman–Crippen LogP) is 3.07. The van der Waals surface area contributed by atoms with Crippen molar-refractivity contribution in [3.8, 4) is 11.5 Å². The van der Waals surface area contributed by atoms with E-state index in [0.29, 0.717) is 30.3 Å². The number of benzene rings is 2. The second-order valence-corrected chi connectivity index (χ2v) is 6.34. The van der Waals surface area contributed by atoms with Gasteiger partial charge in [0.1, 0.15) is 11.5 Å². The largest absolute Gasteiger partial charge is 0.493 e. The first kappa shape index (κ1) is 18.9. The molecule has 27 heavy (non-hydrogen) atoms. The van der Waals surface area contributed by atoms with Crippen LogP contribution in [0.2, 0.25) is 0 Å². The SMILES string of the molecule is COc1ccc(CN2CCN(c3ccc(F)cc3[N+](=O)[O-])CC2)cc1OC. The lowest BCUT2D eigenvalue weighted by molar-refractivity contribution is -0.384. The zero-order chi connectivity index (χ0) is 19.4. The van der Waals surface area contributed by atoms with Crippen LogP contribution in [0.1, 0.15) is 5.56 Å². The van der Waals surface area contributed by atoms with Crippen molar-refractivity contribution in [3.63, 3.8) is 0 Å². The van der Waals surface area contributed by atoms with Crippen LogP contribution in [-0.4, -0.2) is 50.2 Å². The first-order valence-electron chi connectivity index (χ1n) is 8.64. The Morgan fingerprint density at radius 2 is 1.74 bits per heavy atom. The first-order valence-corrected chi connectivity index (χ1v) is 8.64. The highest BCUT2D eigenvalue weighted by Crippen LogP contribution is 2.31. The molecule has 1 fully saturated rings. The fourth-order valence-electron chi connectivity index (χ4n) is 3.29. The van der Waals surface area contributed by atoms with E-state index in [1.807, 2.05) is 23.1 Å². The van der Waals surface area contributed by atoms with Gasteiger partial charge in [-0.25, -0.2) is 4.39 Å². The molecular formula is C19H22FN3O4. The predicted molar refractivity (Wildman–Crippen MR) is 100 cm³/mol. The monoisotopic (exact) mass is 375 g/mol. The number of nitrogens with zero attached hydrogens (tertiary/aromatic N) is 3. The van der Waals surface area contributed by atoms with Gasteiger partial charge in [0.05, 0.1) is 25.2 Å². The molecule has 8 heteroatoms. The lowest BCUT2D eigenvalue weighted by atomic mass is 10.1. The van der Waals surface area contributed by atoms with E-state index in [1.54, 1.807) is 14.2 Å². The van der Waals surface area contributed by atoms with Gasteiger partial charge in [0.25, 0.3) is 5.69 Å². The van der Waals surface area contributed by atoms with E-state index in [2.05, 4.69) is 4.90 Å². The van der Waals surface area contributed by atoms with Crippen molar-refractivity contribution in [1.29, 1.82) is 0 Å². The standard InChI is InChI=1S/C19H22FN3O4/c1-26-18-6-3-14(11-19(18)27-2)13-21-7-9-22(10-8-21)16-5-4-15(20)12-17(16)23(24)25/h3-6,11-12H,7-10,13H2,1-2H3. The van der Waals surface area contributed by atoms with Crippen LogP contribution in [0, 0.1) is 15.9 Å². The lowest BCUT2D eigenvalue weighted by Gasteiger charge is -2.35. The number of anilines is 1. The Bertz CT molecular complexity index is 823. The number of rotatable bonds is 6. The molecular weight excluding hydrogens is 353 g/mol. The molecule has 0 radical (unpaired) electrons. The van der Waals surface area contributed by atoms with E-state index in [9.17, 15) is 14.5 Å². The van der Waals surface area contributed by atoms with Gasteiger partial charge in [0.15, 0.2) is 11.5 Å². The number of ether oxygens (including phenoxy) is 2. The van der Waals surface area contributed by atoms with Crippen molar-refractivity contribution >= 4 is 11.4 Å². The van der Waals surface area contributed by atoms with Crippen molar-refractivity contribution in [2.75, 3.05) is 45.3 Å². The zero-order valence-electron chi connectivity index (χ0n) is 15.4. The van der Waals surface area contributed by atoms with Crippen LogP contribution in [-0.2, 0) is 6.54 Å². The van der Waals surface area contributed by atoms with Crippen LogP contribution in [0.15, 0.2) is 36.4 Å². The van der Waals surface area contributed by atoms with Crippen LogP contribution < -0.4 is 14.4 Å². The van der Waals surface area contributed by atoms with Gasteiger partial charge < -0.3 is 14.4 Å². The highest BCUT2D eigenvalue weighted by molar-refractivity contribution is 5.63. The van der Waals surface area contributed by atoms with Gasteiger partial charge in [0.2, 0.25) is 0 Å². The van der Waals surface area contributed by atoms with Gasteiger partial charge in [-0.15, -0.1) is 0 Å². The highest BCUT2D eigenvalue weighted by Gasteiger charge is 2.24. The van der Waals surface area contributed by atoms with Gasteiger partial charge >= 0.3 is 0 Å². The van der Waals surface area contributed by atoms with Gasteiger partial charge in [-0.1, -0.05) is 6.07 Å². The second-order valence-electron chi connectivity index (χ2n) is 6.34. The Hall–Kier alpha value is -2.87. The highest BCUT2D eigenvalue weighted by atomic mass is 19.1. The maximum absolute atomic E-state index is 13.3. The van der Waals surface area contributed by atoms with Gasteiger partial charge in [-0.05, 0) is 29.8 Å². The maximum atomic E-state index is 13.3. The summed E-state index contributed by atoms with van der Waals surface area (Å²) in [5.74, 6) is 0.780. The molecule has 0 spiro atoms. The minimum absolute atomic E-state index is 0.191. The fraction of sp³-hybridized carbons (Fsp3) is 0.368. The Kier molecular flexibility index (Phi) is 5.75. The molecule has 7 nitrogen and oxygen atoms in total. The molecule has 2 aromatic carbocycles. The Morgan fingerprint density at radius 3 is 2.37 bits per heavy atom. The van der Waals surface area contributed by atoms with Crippen molar-refractivity contribution in [3.05, 3.63) is 57.9 Å². The van der Waals surface area contributed by atoms with E-state index >= 15 is 0 Å². The third-order valence-electron chi connectivity index (χ3n) is 4.70. The smallest absolute Gasteiger partial charge is 0.295 e. The number of nitro groups is 1. The molecule has 0 atom stereocenters. The number of piperazine rings is 1. The van der Waals surface area contributed by atoms with Gasteiger partial charge in [-0.2, -0.15) is 0 Å². The molecule has 0 aliphatic carbocycles. The van der Waals surface area contributed by atoms with Crippen LogP contribution in [0.4, 0.5) is 15.8 Å². The van der Waals surface area contributed by atoms with Gasteiger partial charge in [0, 0.05) is 32.7 Å². The van der Waals surface area contributed by atoms with Crippen molar-refractivity contribution < 1.29 is 18.8 Å². The molecule has 0 saturated carbocycles. The molecule has 0 N–H and O–H groups in total. The van der Waals surface area contributed by atoms with E-state index in [4.69, 9.17) is 9.47 Å². The van der Waals surface area contributed by atoms with Crippen LogP contribution in [0.25, 0.3) is 0 Å². The summed E-state index contributed by atoms with van der Waals surface area (Å²) in [6.07, 6.45) is 0. The minimum Gasteiger partial charge on any atom is -0.493 e. The van der Waals surface area contributed by atoms with E-state index < -0.39 is 10.7 Å². The molecule has 1 aliphatic rings. The lowest BCUT2D eigenvalue weighted by Crippen LogP contribution is -2.46. The molecule has 0 amide bonds. The van der Waals surface area contributed by atoms with Crippen molar-refractivity contribution in [2.24, 2.45) is 0 Å². The minimum atomic E-state index is -0.600. The molecule has 0 bridgehead atoms. The normalized spacial score (nSPS) is 14.9. The van der Waals surface area contributed by atoms with Crippen molar-refractivity contribution in [2.45, 2.75) is 6.54 Å². The Labute approximate surface area is 157 Å². The average molecular weight is 375 g/mol. The number of hydrogen-bond acceptors (Lipinski definition) is 6. The fourth-order valence-corrected chi connectivity index (χ4v) is 3.29. The zero-order valence-corrected chi connectivity index (χ0v) is 15.4. The molecule has 0 unspecified atom stereocenters. The van der Waals surface area contributed by atoms with Crippen molar-refractivity contribution in [1.82, 2.24) is 4.90 Å². The quantitative estimate of drug-likeness (QED) is 0.571. The molecule has 1 heterocycles. The molecule has 0 aromatic heterocycles. The molecule has 2 aromatic rings. The third-order valence-corrected chi connectivity index (χ3v) is 4.70. The summed E-state index contributed by atoms with van der Waals surface area (Å²) in [5, 5.41) is 11.2. The van der Waals surface area contributed by atoms with E-state index in [1.165, 1.54) is 12.1 Å². The Balaban J connectivity index is 1.65. The summed E-state index contributed by atoms with van der Waals surface area (Å²) in [6.45, 7) is 3.53. The summed E-state index contributed by atoms with van der Waals surface area (Å²) < 4.78 is 23.9. The number of hydrogen-bond donors (Lipinski definition) is 0. The third kappa shape index (κ3) is 4.28. The van der Waals surface area contributed by atoms with E-state index in [0.717, 1.165) is 31.3 Å². The Morgan fingerprint density at radius 1 is 1.04 bits per heavy atom. The second kappa shape index (κ2) is 8.22. The summed E-state index contributed by atoms with van der Waals surface area (Å²) in [5.41, 5.74) is 1.38. The molecule has 144 valence electrons. The van der Waals surface area contributed by atoms with Crippen LogP contribution in [0.5, 0.6) is 11.5 Å².